The van der Waals surface area contributed by atoms with Crippen LogP contribution in [0.4, 0.5) is 0 Å². The van der Waals surface area contributed by atoms with E-state index in [4.69, 9.17) is 9.52 Å². The number of nitrogens with zero attached hydrogens (tertiary/aromatic N) is 1. The second-order valence-corrected chi connectivity index (χ2v) is 5.53. The summed E-state index contributed by atoms with van der Waals surface area (Å²) in [5, 5.41) is 8.98. The van der Waals surface area contributed by atoms with E-state index in [0.717, 1.165) is 5.76 Å². The van der Waals surface area contributed by atoms with Gasteiger partial charge in [-0.05, 0) is 44.7 Å². The molecule has 1 aliphatic rings. The van der Waals surface area contributed by atoms with Gasteiger partial charge in [0.25, 0.3) is 0 Å². The molecule has 0 bridgehead atoms. The Hall–Kier alpha value is -1.78. The Morgan fingerprint density at radius 3 is 2.40 bits per heavy atom. The summed E-state index contributed by atoms with van der Waals surface area (Å²) in [6.45, 7) is 1.93. The number of carboxylic acid groups (broad SMARTS) is 1. The van der Waals surface area contributed by atoms with E-state index in [1.54, 1.807) is 18.2 Å². The van der Waals surface area contributed by atoms with Crippen molar-refractivity contribution in [2.75, 3.05) is 7.05 Å². The molecule has 1 heterocycles. The maximum Gasteiger partial charge on any atom is 0.306 e. The van der Waals surface area contributed by atoms with Crippen LogP contribution in [-0.2, 0) is 9.59 Å². The van der Waals surface area contributed by atoms with Gasteiger partial charge in [-0.1, -0.05) is 0 Å². The van der Waals surface area contributed by atoms with Crippen molar-refractivity contribution in [2.24, 2.45) is 11.8 Å². The average molecular weight is 279 g/mol. The van der Waals surface area contributed by atoms with E-state index >= 15 is 0 Å². The summed E-state index contributed by atoms with van der Waals surface area (Å²) in [4.78, 5) is 25.1. The molecule has 2 rings (SSSR count). The molecule has 0 saturated heterocycles. The molecule has 1 saturated carbocycles. The van der Waals surface area contributed by atoms with Gasteiger partial charge < -0.3 is 14.4 Å². The summed E-state index contributed by atoms with van der Waals surface area (Å²) in [7, 11) is 1.78. The van der Waals surface area contributed by atoms with Crippen molar-refractivity contribution < 1.29 is 19.1 Å². The SMILES string of the molecule is C[C@H](c1ccco1)N(C)C(=O)C1CCC(C(=O)O)CC1. The van der Waals surface area contributed by atoms with Crippen molar-refractivity contribution in [3.05, 3.63) is 24.2 Å². The number of carboxylic acids is 1. The molecule has 1 N–H and O–H groups in total. The zero-order valence-electron chi connectivity index (χ0n) is 11.9. The average Bonchev–Trinajstić information content (AvgIpc) is 2.99. The number of hydrogen-bond acceptors (Lipinski definition) is 3. The molecular formula is C15H21NO4. The molecule has 1 aromatic rings. The number of carbonyl (C=O) groups excluding carboxylic acids is 1. The predicted octanol–water partition coefficient (Wildman–Crippen LogP) is 2.69. The summed E-state index contributed by atoms with van der Waals surface area (Å²) in [6, 6.07) is 3.56. The molecule has 5 heteroatoms. The molecule has 0 aliphatic heterocycles. The van der Waals surface area contributed by atoms with Crippen LogP contribution in [0.3, 0.4) is 0 Å². The Balaban J connectivity index is 1.93. The third-order valence-corrected chi connectivity index (χ3v) is 4.31. The van der Waals surface area contributed by atoms with E-state index < -0.39 is 5.97 Å². The first-order valence-electron chi connectivity index (χ1n) is 7.03. The van der Waals surface area contributed by atoms with E-state index in [9.17, 15) is 9.59 Å². The topological polar surface area (TPSA) is 70.8 Å². The van der Waals surface area contributed by atoms with Crippen LogP contribution < -0.4 is 0 Å². The minimum atomic E-state index is -0.742. The van der Waals surface area contributed by atoms with Crippen LogP contribution in [0.5, 0.6) is 0 Å². The van der Waals surface area contributed by atoms with Gasteiger partial charge in [-0.2, -0.15) is 0 Å². The summed E-state index contributed by atoms with van der Waals surface area (Å²) in [5.41, 5.74) is 0. The highest BCUT2D eigenvalue weighted by Gasteiger charge is 2.32. The lowest BCUT2D eigenvalue weighted by molar-refractivity contribution is -0.146. The first-order chi connectivity index (χ1) is 9.50. The monoisotopic (exact) mass is 279 g/mol. The lowest BCUT2D eigenvalue weighted by Gasteiger charge is -2.31. The van der Waals surface area contributed by atoms with Crippen molar-refractivity contribution >= 4 is 11.9 Å². The molecule has 1 atom stereocenters. The Morgan fingerprint density at radius 1 is 1.30 bits per heavy atom. The maximum absolute atomic E-state index is 12.4. The van der Waals surface area contributed by atoms with E-state index in [1.165, 1.54) is 0 Å². The van der Waals surface area contributed by atoms with E-state index in [-0.39, 0.29) is 23.8 Å². The molecule has 110 valence electrons. The van der Waals surface area contributed by atoms with Gasteiger partial charge in [0.2, 0.25) is 5.91 Å². The van der Waals surface area contributed by atoms with Crippen LogP contribution in [-0.4, -0.2) is 28.9 Å². The molecule has 0 radical (unpaired) electrons. The Kier molecular flexibility index (Phi) is 4.47. The number of furan rings is 1. The predicted molar refractivity (Wildman–Crippen MR) is 73.0 cm³/mol. The fourth-order valence-electron chi connectivity index (χ4n) is 2.79. The summed E-state index contributed by atoms with van der Waals surface area (Å²) >= 11 is 0. The molecule has 0 unspecified atom stereocenters. The number of hydrogen-bond donors (Lipinski definition) is 1. The minimum Gasteiger partial charge on any atom is -0.481 e. The number of carbonyl (C=O) groups is 2. The summed E-state index contributed by atoms with van der Waals surface area (Å²) in [6.07, 6.45) is 4.10. The normalized spacial score (nSPS) is 24.1. The fourth-order valence-corrected chi connectivity index (χ4v) is 2.79. The molecule has 20 heavy (non-hydrogen) atoms. The van der Waals surface area contributed by atoms with Gasteiger partial charge in [0.05, 0.1) is 18.2 Å². The number of aliphatic carboxylic acids is 1. The molecule has 0 aromatic carbocycles. The van der Waals surface area contributed by atoms with Gasteiger partial charge >= 0.3 is 5.97 Å². The van der Waals surface area contributed by atoms with Gasteiger partial charge in [0.1, 0.15) is 5.76 Å². The first kappa shape index (κ1) is 14.6. The fraction of sp³-hybridized carbons (Fsp3) is 0.600. The molecule has 0 spiro atoms. The zero-order chi connectivity index (χ0) is 14.7. The Bertz CT molecular complexity index is 460. The van der Waals surface area contributed by atoms with Crippen LogP contribution in [0.2, 0.25) is 0 Å². The van der Waals surface area contributed by atoms with Crippen molar-refractivity contribution in [3.8, 4) is 0 Å². The van der Waals surface area contributed by atoms with Crippen LogP contribution in [0.1, 0.15) is 44.4 Å². The van der Waals surface area contributed by atoms with Gasteiger partial charge in [-0.25, -0.2) is 0 Å². The third kappa shape index (κ3) is 3.03. The molecule has 5 nitrogen and oxygen atoms in total. The van der Waals surface area contributed by atoms with Gasteiger partial charge in [0, 0.05) is 13.0 Å². The molecule has 1 amide bonds. The van der Waals surface area contributed by atoms with Crippen molar-refractivity contribution in [1.29, 1.82) is 0 Å². The van der Waals surface area contributed by atoms with Crippen molar-refractivity contribution in [2.45, 2.75) is 38.6 Å². The summed E-state index contributed by atoms with van der Waals surface area (Å²) < 4.78 is 5.33. The number of rotatable bonds is 4. The van der Waals surface area contributed by atoms with Crippen molar-refractivity contribution in [1.82, 2.24) is 4.90 Å². The third-order valence-electron chi connectivity index (χ3n) is 4.31. The molecule has 1 fully saturated rings. The second-order valence-electron chi connectivity index (χ2n) is 5.53. The van der Waals surface area contributed by atoms with Gasteiger partial charge in [-0.3, -0.25) is 9.59 Å². The quantitative estimate of drug-likeness (QED) is 0.919. The Labute approximate surface area is 118 Å². The highest BCUT2D eigenvalue weighted by atomic mass is 16.4. The van der Waals surface area contributed by atoms with E-state index in [2.05, 4.69) is 0 Å². The highest BCUT2D eigenvalue weighted by Crippen LogP contribution is 2.31. The smallest absolute Gasteiger partial charge is 0.306 e. The number of amides is 1. The van der Waals surface area contributed by atoms with Gasteiger partial charge in [-0.15, -0.1) is 0 Å². The standard InChI is InChI=1S/C15H21NO4/c1-10(13-4-3-9-20-13)16(2)14(17)11-5-7-12(8-6-11)15(18)19/h3-4,9-12H,5-8H2,1-2H3,(H,18,19)/t10-,11?,12?/m1/s1. The van der Waals surface area contributed by atoms with Crippen LogP contribution in [0.25, 0.3) is 0 Å². The van der Waals surface area contributed by atoms with Crippen molar-refractivity contribution in [3.63, 3.8) is 0 Å². The zero-order valence-corrected chi connectivity index (χ0v) is 11.9. The van der Waals surface area contributed by atoms with Crippen LogP contribution in [0, 0.1) is 11.8 Å². The molecule has 1 aliphatic carbocycles. The van der Waals surface area contributed by atoms with E-state index in [1.807, 2.05) is 19.1 Å². The lowest BCUT2D eigenvalue weighted by atomic mass is 9.81. The lowest BCUT2D eigenvalue weighted by Crippen LogP contribution is -2.37. The second kappa shape index (κ2) is 6.11. The Morgan fingerprint density at radius 2 is 1.90 bits per heavy atom. The largest absolute Gasteiger partial charge is 0.481 e. The van der Waals surface area contributed by atoms with Crippen LogP contribution in [0.15, 0.2) is 22.8 Å². The molecule has 1 aromatic heterocycles. The maximum atomic E-state index is 12.4. The van der Waals surface area contributed by atoms with Gasteiger partial charge in [0.15, 0.2) is 0 Å². The summed E-state index contributed by atoms with van der Waals surface area (Å²) in [5.74, 6) is -0.245. The highest BCUT2D eigenvalue weighted by molar-refractivity contribution is 5.79. The first-order valence-corrected chi connectivity index (χ1v) is 7.03. The minimum absolute atomic E-state index is 0.0620. The van der Waals surface area contributed by atoms with E-state index in [0.29, 0.717) is 25.7 Å². The van der Waals surface area contributed by atoms with Crippen LogP contribution >= 0.6 is 0 Å². The molecular weight excluding hydrogens is 258 g/mol.